The zero-order valence-corrected chi connectivity index (χ0v) is 9.64. The first-order chi connectivity index (χ1) is 8.22. The molecule has 0 unspecified atom stereocenters. The number of rotatable bonds is 4. The van der Waals surface area contributed by atoms with Gasteiger partial charge in [0.1, 0.15) is 6.54 Å². The minimum atomic E-state index is -4.63. The zero-order chi connectivity index (χ0) is 13.8. The van der Waals surface area contributed by atoms with Crippen LogP contribution in [0.15, 0.2) is 24.3 Å². The molecular formula is C9H8F3N3O2S. The van der Waals surface area contributed by atoms with Crippen molar-refractivity contribution in [3.63, 3.8) is 0 Å². The Kier molecular flexibility index (Phi) is 4.15. The van der Waals surface area contributed by atoms with Crippen LogP contribution in [0, 0.1) is 11.3 Å². The molecule has 0 saturated heterocycles. The molecule has 0 bridgehead atoms. The third kappa shape index (κ3) is 5.03. The van der Waals surface area contributed by atoms with Crippen LogP contribution in [-0.4, -0.2) is 21.1 Å². The second-order valence-corrected chi connectivity index (χ2v) is 4.73. The summed E-state index contributed by atoms with van der Waals surface area (Å²) in [5.41, 5.74) is 0.366. The second-order valence-electron chi connectivity index (χ2n) is 3.23. The summed E-state index contributed by atoms with van der Waals surface area (Å²) in [6.45, 7) is -1.65. The van der Waals surface area contributed by atoms with Gasteiger partial charge in [0.05, 0.1) is 11.6 Å². The van der Waals surface area contributed by atoms with E-state index >= 15 is 0 Å². The lowest BCUT2D eigenvalue weighted by atomic mass is 10.2. The highest BCUT2D eigenvalue weighted by Crippen LogP contribution is 2.14. The zero-order valence-electron chi connectivity index (χ0n) is 8.82. The summed E-state index contributed by atoms with van der Waals surface area (Å²) < 4.78 is 61.2. The van der Waals surface area contributed by atoms with E-state index in [0.29, 0.717) is 5.56 Å². The number of nitrogens with zero attached hydrogens (tertiary/aromatic N) is 1. The van der Waals surface area contributed by atoms with E-state index in [0.717, 1.165) is 0 Å². The largest absolute Gasteiger partial charge is 0.402 e. The van der Waals surface area contributed by atoms with Crippen LogP contribution in [0.2, 0.25) is 0 Å². The van der Waals surface area contributed by atoms with Crippen LogP contribution in [0.3, 0.4) is 0 Å². The molecule has 1 aromatic carbocycles. The van der Waals surface area contributed by atoms with Crippen molar-refractivity contribution in [1.82, 2.24) is 4.72 Å². The van der Waals surface area contributed by atoms with Gasteiger partial charge in [0.2, 0.25) is 0 Å². The number of nitrogens with one attached hydrogen (secondary N) is 2. The molecular weight excluding hydrogens is 271 g/mol. The third-order valence-corrected chi connectivity index (χ3v) is 2.76. The molecule has 0 aliphatic carbocycles. The van der Waals surface area contributed by atoms with E-state index in [1.165, 1.54) is 29.0 Å². The first-order valence-electron chi connectivity index (χ1n) is 4.56. The van der Waals surface area contributed by atoms with Gasteiger partial charge in [0, 0.05) is 5.69 Å². The van der Waals surface area contributed by atoms with Gasteiger partial charge in [-0.25, -0.2) is 0 Å². The summed E-state index contributed by atoms with van der Waals surface area (Å²) in [6.07, 6.45) is -4.63. The minimum Gasteiger partial charge on any atom is -0.271 e. The number of benzene rings is 1. The Morgan fingerprint density at radius 3 is 2.22 bits per heavy atom. The summed E-state index contributed by atoms with van der Waals surface area (Å²) in [5, 5.41) is 8.51. The Morgan fingerprint density at radius 1 is 1.22 bits per heavy atom. The predicted molar refractivity (Wildman–Crippen MR) is 57.8 cm³/mol. The van der Waals surface area contributed by atoms with Crippen molar-refractivity contribution in [2.75, 3.05) is 11.3 Å². The molecule has 2 N–H and O–H groups in total. The topological polar surface area (TPSA) is 82.0 Å². The first kappa shape index (κ1) is 14.3. The summed E-state index contributed by atoms with van der Waals surface area (Å²) in [4.78, 5) is 0. The van der Waals surface area contributed by atoms with Crippen molar-refractivity contribution in [2.45, 2.75) is 6.18 Å². The maximum Gasteiger partial charge on any atom is 0.402 e. The first-order valence-corrected chi connectivity index (χ1v) is 6.04. The quantitative estimate of drug-likeness (QED) is 0.873. The van der Waals surface area contributed by atoms with Gasteiger partial charge in [-0.3, -0.25) is 4.72 Å². The van der Waals surface area contributed by atoms with Crippen molar-refractivity contribution < 1.29 is 21.6 Å². The predicted octanol–water partition coefficient (Wildman–Crippen LogP) is 1.37. The number of anilines is 1. The van der Waals surface area contributed by atoms with Gasteiger partial charge in [-0.05, 0) is 24.3 Å². The molecule has 0 aromatic heterocycles. The van der Waals surface area contributed by atoms with Crippen LogP contribution < -0.4 is 9.44 Å². The molecule has 0 heterocycles. The summed E-state index contributed by atoms with van der Waals surface area (Å²) in [6, 6.07) is 7.03. The molecule has 1 rings (SSSR count). The highest BCUT2D eigenvalue weighted by atomic mass is 32.2. The van der Waals surface area contributed by atoms with Crippen LogP contribution in [0.4, 0.5) is 18.9 Å². The molecule has 0 fully saturated rings. The summed E-state index contributed by atoms with van der Waals surface area (Å²) in [7, 11) is -4.29. The van der Waals surface area contributed by atoms with E-state index in [2.05, 4.69) is 0 Å². The van der Waals surface area contributed by atoms with Crippen molar-refractivity contribution in [2.24, 2.45) is 0 Å². The van der Waals surface area contributed by atoms with Crippen molar-refractivity contribution in [3.8, 4) is 6.07 Å². The highest BCUT2D eigenvalue weighted by molar-refractivity contribution is 7.90. The molecule has 0 saturated carbocycles. The average molecular weight is 279 g/mol. The fourth-order valence-electron chi connectivity index (χ4n) is 0.981. The summed E-state index contributed by atoms with van der Waals surface area (Å²) in [5.74, 6) is 0. The minimum absolute atomic E-state index is 0.0590. The Morgan fingerprint density at radius 2 is 1.78 bits per heavy atom. The Labute approximate surface area is 101 Å². The fourth-order valence-corrected chi connectivity index (χ4v) is 1.85. The molecule has 0 aliphatic heterocycles. The highest BCUT2D eigenvalue weighted by Gasteiger charge is 2.29. The number of halogens is 3. The number of hydrogen-bond acceptors (Lipinski definition) is 3. The molecule has 0 atom stereocenters. The monoisotopic (exact) mass is 279 g/mol. The lowest BCUT2D eigenvalue weighted by Gasteiger charge is -2.10. The van der Waals surface area contributed by atoms with Gasteiger partial charge in [0.25, 0.3) is 10.2 Å². The van der Waals surface area contributed by atoms with Gasteiger partial charge in [0.15, 0.2) is 0 Å². The van der Waals surface area contributed by atoms with E-state index in [9.17, 15) is 21.6 Å². The second kappa shape index (κ2) is 5.24. The Bertz CT molecular complexity index is 546. The molecule has 5 nitrogen and oxygen atoms in total. The smallest absolute Gasteiger partial charge is 0.271 e. The van der Waals surface area contributed by atoms with Crippen LogP contribution in [0.5, 0.6) is 0 Å². The molecule has 18 heavy (non-hydrogen) atoms. The van der Waals surface area contributed by atoms with Crippen molar-refractivity contribution in [1.29, 1.82) is 5.26 Å². The standard InChI is InChI=1S/C9H8F3N3O2S/c10-9(11,12)6-14-18(16,17)15-8-3-1-7(5-13)2-4-8/h1-4,14-15H,6H2. The Balaban J connectivity index is 2.68. The molecule has 1 aromatic rings. The van der Waals surface area contributed by atoms with E-state index in [1.54, 1.807) is 0 Å². The number of nitriles is 1. The van der Waals surface area contributed by atoms with Gasteiger partial charge >= 0.3 is 6.18 Å². The lowest BCUT2D eigenvalue weighted by molar-refractivity contribution is -0.121. The van der Waals surface area contributed by atoms with Gasteiger partial charge in [-0.2, -0.15) is 31.6 Å². The van der Waals surface area contributed by atoms with Crippen LogP contribution >= 0.6 is 0 Å². The van der Waals surface area contributed by atoms with Gasteiger partial charge in [-0.15, -0.1) is 0 Å². The SMILES string of the molecule is N#Cc1ccc(NS(=O)(=O)NCC(F)(F)F)cc1. The summed E-state index contributed by atoms with van der Waals surface area (Å²) >= 11 is 0. The fraction of sp³-hybridized carbons (Fsp3) is 0.222. The number of alkyl halides is 3. The molecule has 0 radical (unpaired) electrons. The van der Waals surface area contributed by atoms with Gasteiger partial charge < -0.3 is 0 Å². The molecule has 98 valence electrons. The van der Waals surface area contributed by atoms with E-state index in [1.807, 2.05) is 10.8 Å². The van der Waals surface area contributed by atoms with E-state index in [-0.39, 0.29) is 5.69 Å². The van der Waals surface area contributed by atoms with Crippen LogP contribution in [0.1, 0.15) is 5.56 Å². The van der Waals surface area contributed by atoms with Crippen molar-refractivity contribution in [3.05, 3.63) is 29.8 Å². The molecule has 9 heteroatoms. The van der Waals surface area contributed by atoms with E-state index < -0.39 is 22.9 Å². The van der Waals surface area contributed by atoms with E-state index in [4.69, 9.17) is 5.26 Å². The Hall–Kier alpha value is -1.79. The van der Waals surface area contributed by atoms with Crippen molar-refractivity contribution >= 4 is 15.9 Å². The van der Waals surface area contributed by atoms with Gasteiger partial charge in [-0.1, -0.05) is 0 Å². The maximum absolute atomic E-state index is 11.8. The average Bonchev–Trinajstić information content (AvgIpc) is 2.26. The third-order valence-electron chi connectivity index (χ3n) is 1.73. The molecule has 0 amide bonds. The molecule has 0 aliphatic rings. The molecule has 0 spiro atoms. The number of hydrogen-bond donors (Lipinski definition) is 2. The maximum atomic E-state index is 11.8. The lowest BCUT2D eigenvalue weighted by Crippen LogP contribution is -2.37. The van der Waals surface area contributed by atoms with Crippen LogP contribution in [-0.2, 0) is 10.2 Å². The normalized spacial score (nSPS) is 11.9. The van der Waals surface area contributed by atoms with Crippen LogP contribution in [0.25, 0.3) is 0 Å².